The summed E-state index contributed by atoms with van der Waals surface area (Å²) in [5, 5.41) is 7.39. The number of carbonyl (C=O) groups is 3. The molecule has 0 radical (unpaired) electrons. The molecule has 2 amide bonds. The van der Waals surface area contributed by atoms with Crippen molar-refractivity contribution in [3.63, 3.8) is 0 Å². The van der Waals surface area contributed by atoms with Crippen LogP contribution < -0.4 is 15.8 Å². The second-order valence-corrected chi connectivity index (χ2v) is 9.46. The van der Waals surface area contributed by atoms with Crippen LogP contribution >= 0.6 is 38.9 Å². The molecule has 1 aromatic carbocycles. The first-order chi connectivity index (χ1) is 15.6. The summed E-state index contributed by atoms with van der Waals surface area (Å²) in [6.45, 7) is 4.99. The number of hydrogen-bond donors (Lipinski definition) is 2. The first kappa shape index (κ1) is 24.7. The van der Waals surface area contributed by atoms with Crippen LogP contribution in [0.15, 0.2) is 34.9 Å². The van der Waals surface area contributed by atoms with Crippen LogP contribution in [0, 0.1) is 6.92 Å². The normalized spacial score (nSPS) is 10.8. The van der Waals surface area contributed by atoms with Gasteiger partial charge in [0.15, 0.2) is 12.4 Å². The van der Waals surface area contributed by atoms with Gasteiger partial charge in [-0.3, -0.25) is 9.59 Å². The second-order valence-electron chi connectivity index (χ2n) is 7.12. The second kappa shape index (κ2) is 10.4. The minimum absolute atomic E-state index is 0.0184. The third-order valence-corrected chi connectivity index (χ3v) is 6.27. The van der Waals surface area contributed by atoms with E-state index in [1.807, 2.05) is 0 Å². The van der Waals surface area contributed by atoms with Crippen LogP contribution in [0.25, 0.3) is 0 Å². The molecule has 2 aromatic heterocycles. The zero-order chi connectivity index (χ0) is 24.3. The predicted octanol–water partition coefficient (Wildman–Crippen LogP) is 4.62. The molecule has 0 aliphatic heterocycles. The first-order valence-corrected chi connectivity index (χ1v) is 11.6. The highest BCUT2D eigenvalue weighted by molar-refractivity contribution is 9.10. The lowest BCUT2D eigenvalue weighted by Gasteiger charge is -2.10. The van der Waals surface area contributed by atoms with Crippen LogP contribution in [0.3, 0.4) is 0 Å². The maximum absolute atomic E-state index is 12.8. The van der Waals surface area contributed by atoms with Crippen molar-refractivity contribution in [2.45, 2.75) is 33.6 Å². The molecule has 0 saturated carbocycles. The number of amides is 2. The molecule has 12 heteroatoms. The lowest BCUT2D eigenvalue weighted by Crippen LogP contribution is -2.18. The quantitative estimate of drug-likeness (QED) is 0.391. The lowest BCUT2D eigenvalue weighted by molar-refractivity contribution is 0.0379. The SMILES string of the molecule is Cc1c(C(N)=O)sc(NC(=O)c2ccn(COc3ccc(Br)cc3Cl)n2)c1C(=O)OC(C)C. The van der Waals surface area contributed by atoms with Gasteiger partial charge in [-0.15, -0.1) is 11.3 Å². The lowest BCUT2D eigenvalue weighted by atomic mass is 10.1. The molecular formula is C21H20BrClN4O5S. The number of primary amides is 1. The number of esters is 1. The molecule has 3 rings (SSSR count). The van der Waals surface area contributed by atoms with E-state index in [2.05, 4.69) is 26.3 Å². The summed E-state index contributed by atoms with van der Waals surface area (Å²) in [5.74, 6) is -1.48. The molecule has 174 valence electrons. The Bertz CT molecular complexity index is 1220. The summed E-state index contributed by atoms with van der Waals surface area (Å²) in [6.07, 6.45) is 1.18. The van der Waals surface area contributed by atoms with Gasteiger partial charge in [0, 0.05) is 10.7 Å². The number of carbonyl (C=O) groups excluding carboxylic acids is 3. The third-order valence-electron chi connectivity index (χ3n) is 4.26. The smallest absolute Gasteiger partial charge is 0.341 e. The number of rotatable bonds is 8. The van der Waals surface area contributed by atoms with Gasteiger partial charge in [-0.1, -0.05) is 27.5 Å². The number of halogens is 2. The van der Waals surface area contributed by atoms with Crippen LogP contribution in [0.5, 0.6) is 5.75 Å². The van der Waals surface area contributed by atoms with E-state index in [4.69, 9.17) is 26.8 Å². The number of anilines is 1. The van der Waals surface area contributed by atoms with Gasteiger partial charge in [-0.05, 0) is 50.6 Å². The Kier molecular flexibility index (Phi) is 7.77. The molecule has 3 aromatic rings. The maximum atomic E-state index is 12.8. The highest BCUT2D eigenvalue weighted by Crippen LogP contribution is 2.34. The Hall–Kier alpha value is -2.89. The van der Waals surface area contributed by atoms with Crippen LogP contribution in [0.1, 0.15) is 49.9 Å². The van der Waals surface area contributed by atoms with E-state index in [0.717, 1.165) is 15.8 Å². The van der Waals surface area contributed by atoms with Gasteiger partial charge in [-0.2, -0.15) is 5.10 Å². The van der Waals surface area contributed by atoms with Gasteiger partial charge in [0.25, 0.3) is 11.8 Å². The van der Waals surface area contributed by atoms with E-state index < -0.39 is 17.8 Å². The number of nitrogens with one attached hydrogen (secondary N) is 1. The average molecular weight is 556 g/mol. The van der Waals surface area contributed by atoms with Crippen LogP contribution in [-0.4, -0.2) is 33.7 Å². The van der Waals surface area contributed by atoms with E-state index in [9.17, 15) is 14.4 Å². The van der Waals surface area contributed by atoms with Crippen molar-refractivity contribution in [2.75, 3.05) is 5.32 Å². The van der Waals surface area contributed by atoms with Gasteiger partial charge in [0.2, 0.25) is 0 Å². The van der Waals surface area contributed by atoms with E-state index in [1.165, 1.54) is 10.7 Å². The fourth-order valence-corrected chi connectivity index (χ4v) is 4.58. The van der Waals surface area contributed by atoms with Gasteiger partial charge in [0.1, 0.15) is 10.8 Å². The monoisotopic (exact) mass is 554 g/mol. The van der Waals surface area contributed by atoms with Crippen molar-refractivity contribution < 1.29 is 23.9 Å². The average Bonchev–Trinajstić information content (AvgIpc) is 3.31. The van der Waals surface area contributed by atoms with Crippen LogP contribution in [0.2, 0.25) is 5.02 Å². The first-order valence-electron chi connectivity index (χ1n) is 9.63. The summed E-state index contributed by atoms with van der Waals surface area (Å²) < 4.78 is 13.1. The summed E-state index contributed by atoms with van der Waals surface area (Å²) in [5.41, 5.74) is 5.92. The molecule has 0 bridgehead atoms. The molecule has 0 unspecified atom stereocenters. The number of aromatic nitrogens is 2. The summed E-state index contributed by atoms with van der Waals surface area (Å²) >= 11 is 10.4. The zero-order valence-corrected chi connectivity index (χ0v) is 21.0. The van der Waals surface area contributed by atoms with Gasteiger partial charge >= 0.3 is 5.97 Å². The molecular weight excluding hydrogens is 536 g/mol. The number of hydrogen-bond acceptors (Lipinski definition) is 7. The standard InChI is InChI=1S/C21H20BrClN4O5S/c1-10(2)32-21(30)16-11(3)17(18(24)28)33-20(16)25-19(29)14-6-7-27(26-14)9-31-15-5-4-12(22)8-13(15)23/h4-8,10H,9H2,1-3H3,(H2,24,28)(H,25,29). The topological polar surface area (TPSA) is 126 Å². The predicted molar refractivity (Wildman–Crippen MR) is 128 cm³/mol. The molecule has 3 N–H and O–H groups in total. The number of thiophene rings is 1. The largest absolute Gasteiger partial charge is 0.470 e. The molecule has 0 aliphatic carbocycles. The molecule has 0 aliphatic rings. The van der Waals surface area contributed by atoms with E-state index in [0.29, 0.717) is 16.3 Å². The molecule has 0 fully saturated rings. The van der Waals surface area contributed by atoms with Crippen molar-refractivity contribution in [3.8, 4) is 5.75 Å². The summed E-state index contributed by atoms with van der Waals surface area (Å²) in [4.78, 5) is 37.2. The maximum Gasteiger partial charge on any atom is 0.341 e. The van der Waals surface area contributed by atoms with Crippen molar-refractivity contribution in [1.29, 1.82) is 0 Å². The number of ether oxygens (including phenoxy) is 2. The van der Waals surface area contributed by atoms with Gasteiger partial charge in [-0.25, -0.2) is 9.48 Å². The highest BCUT2D eigenvalue weighted by Gasteiger charge is 2.27. The highest BCUT2D eigenvalue weighted by atomic mass is 79.9. The molecule has 2 heterocycles. The van der Waals surface area contributed by atoms with Crippen molar-refractivity contribution in [3.05, 3.63) is 61.7 Å². The third kappa shape index (κ3) is 5.92. The number of benzene rings is 1. The van der Waals surface area contributed by atoms with Gasteiger partial charge < -0.3 is 20.5 Å². The van der Waals surface area contributed by atoms with E-state index >= 15 is 0 Å². The minimum Gasteiger partial charge on any atom is -0.470 e. The summed E-state index contributed by atoms with van der Waals surface area (Å²) in [7, 11) is 0. The summed E-state index contributed by atoms with van der Waals surface area (Å²) in [6, 6.07) is 6.68. The van der Waals surface area contributed by atoms with Crippen LogP contribution in [0.4, 0.5) is 5.00 Å². The number of nitrogens with two attached hydrogens (primary N) is 1. The van der Waals surface area contributed by atoms with Gasteiger partial charge in [0.05, 0.1) is 21.6 Å². The Balaban J connectivity index is 1.76. The molecule has 0 atom stereocenters. The fourth-order valence-electron chi connectivity index (χ4n) is 2.81. The Morgan fingerprint density at radius 1 is 1.30 bits per heavy atom. The molecule has 0 spiro atoms. The Morgan fingerprint density at radius 3 is 2.67 bits per heavy atom. The van der Waals surface area contributed by atoms with Crippen LogP contribution in [-0.2, 0) is 11.5 Å². The molecule has 9 nitrogen and oxygen atoms in total. The Morgan fingerprint density at radius 2 is 2.03 bits per heavy atom. The molecule has 33 heavy (non-hydrogen) atoms. The van der Waals surface area contributed by atoms with E-state index in [-0.39, 0.29) is 34.0 Å². The van der Waals surface area contributed by atoms with Crippen molar-refractivity contribution >= 4 is 61.7 Å². The zero-order valence-electron chi connectivity index (χ0n) is 17.8. The molecule has 0 saturated heterocycles. The van der Waals surface area contributed by atoms with Crippen molar-refractivity contribution in [1.82, 2.24) is 9.78 Å². The Labute approximate surface area is 206 Å². The van der Waals surface area contributed by atoms with Crippen molar-refractivity contribution in [2.24, 2.45) is 5.73 Å². The number of nitrogens with zero attached hydrogens (tertiary/aromatic N) is 2. The minimum atomic E-state index is -0.704. The fraction of sp³-hybridized carbons (Fsp3) is 0.238. The van der Waals surface area contributed by atoms with E-state index in [1.54, 1.807) is 45.2 Å².